The van der Waals surface area contributed by atoms with E-state index >= 15 is 0 Å². The summed E-state index contributed by atoms with van der Waals surface area (Å²) in [5.74, 6) is -0.351. The fraction of sp³-hybridized carbons (Fsp3) is 0.182. The van der Waals surface area contributed by atoms with Crippen molar-refractivity contribution in [1.82, 2.24) is 14.3 Å². The number of hydrogen-bond donors (Lipinski definition) is 1. The fourth-order valence-corrected chi connectivity index (χ4v) is 2.15. The Bertz CT molecular complexity index is 647. The van der Waals surface area contributed by atoms with Crippen molar-refractivity contribution in [3.05, 3.63) is 36.3 Å². The van der Waals surface area contributed by atoms with E-state index in [1.54, 1.807) is 0 Å². The van der Waals surface area contributed by atoms with Gasteiger partial charge in [0.2, 0.25) is 5.16 Å². The largest absolute Gasteiger partial charge is 0.334 e. The summed E-state index contributed by atoms with van der Waals surface area (Å²) in [5, 5.41) is -0.133. The summed E-state index contributed by atoms with van der Waals surface area (Å²) in [6.07, 6.45) is 1.48. The van der Waals surface area contributed by atoms with Crippen molar-refractivity contribution in [3.8, 4) is 11.3 Å². The van der Waals surface area contributed by atoms with E-state index in [4.69, 9.17) is 0 Å². The Balaban J connectivity index is 2.40. The van der Waals surface area contributed by atoms with Gasteiger partial charge in [-0.05, 0) is 24.3 Å². The maximum absolute atomic E-state index is 12.8. The topological polar surface area (TPSA) is 66.1 Å². The van der Waals surface area contributed by atoms with Gasteiger partial charge in [0.25, 0.3) is 10.0 Å². The molecule has 0 fully saturated rings. The molecule has 18 heavy (non-hydrogen) atoms. The molecule has 0 aliphatic carbocycles. The van der Waals surface area contributed by atoms with Crippen LogP contribution in [0.25, 0.3) is 11.3 Å². The predicted octanol–water partition coefficient (Wildman–Crippen LogP) is 1.47. The molecule has 96 valence electrons. The van der Waals surface area contributed by atoms with Gasteiger partial charge in [0.05, 0.1) is 5.69 Å². The first-order chi connectivity index (χ1) is 8.41. The Morgan fingerprint density at radius 1 is 1.22 bits per heavy atom. The Kier molecular flexibility index (Phi) is 3.18. The lowest BCUT2D eigenvalue weighted by molar-refractivity contribution is 0.513. The van der Waals surface area contributed by atoms with Gasteiger partial charge in [-0.15, -0.1) is 0 Å². The van der Waals surface area contributed by atoms with Crippen LogP contribution < -0.4 is 0 Å². The highest BCUT2D eigenvalue weighted by Crippen LogP contribution is 2.19. The molecule has 0 spiro atoms. The SMILES string of the molecule is CN(C)S(=O)(=O)c1nc(-c2ccc(F)cc2)c[nH]1. The molecule has 7 heteroatoms. The molecule has 1 aromatic carbocycles. The van der Waals surface area contributed by atoms with Crippen LogP contribution in [-0.4, -0.2) is 36.8 Å². The van der Waals surface area contributed by atoms with Crippen molar-refractivity contribution in [3.63, 3.8) is 0 Å². The lowest BCUT2D eigenvalue weighted by Gasteiger charge is -2.07. The van der Waals surface area contributed by atoms with Crippen LogP contribution in [0.2, 0.25) is 0 Å². The zero-order valence-corrected chi connectivity index (χ0v) is 10.7. The second kappa shape index (κ2) is 4.51. The summed E-state index contributed by atoms with van der Waals surface area (Å²) < 4.78 is 37.4. The average molecular weight is 269 g/mol. The monoisotopic (exact) mass is 269 g/mol. The normalized spacial score (nSPS) is 12.0. The van der Waals surface area contributed by atoms with Crippen LogP contribution in [0.15, 0.2) is 35.6 Å². The lowest BCUT2D eigenvalue weighted by Crippen LogP contribution is -2.23. The predicted molar refractivity (Wildman–Crippen MR) is 64.9 cm³/mol. The number of nitrogens with one attached hydrogen (secondary N) is 1. The third kappa shape index (κ3) is 2.27. The molecule has 0 radical (unpaired) electrons. The molecule has 1 N–H and O–H groups in total. The number of nitrogens with zero attached hydrogens (tertiary/aromatic N) is 2. The second-order valence-electron chi connectivity index (χ2n) is 3.89. The van der Waals surface area contributed by atoms with Crippen molar-refractivity contribution in [2.24, 2.45) is 0 Å². The number of halogens is 1. The first kappa shape index (κ1) is 12.7. The van der Waals surface area contributed by atoms with E-state index in [-0.39, 0.29) is 11.0 Å². The van der Waals surface area contributed by atoms with Crippen LogP contribution in [0.1, 0.15) is 0 Å². The van der Waals surface area contributed by atoms with Gasteiger partial charge in [0.1, 0.15) is 5.82 Å². The highest BCUT2D eigenvalue weighted by molar-refractivity contribution is 7.88. The molecule has 0 aliphatic heterocycles. The van der Waals surface area contributed by atoms with Crippen LogP contribution in [0, 0.1) is 5.82 Å². The van der Waals surface area contributed by atoms with Crippen molar-refractivity contribution < 1.29 is 12.8 Å². The first-order valence-electron chi connectivity index (χ1n) is 5.15. The van der Waals surface area contributed by atoms with Crippen LogP contribution in [-0.2, 0) is 10.0 Å². The van der Waals surface area contributed by atoms with Crippen LogP contribution in [0.3, 0.4) is 0 Å². The molecule has 1 heterocycles. The molecule has 0 amide bonds. The van der Waals surface area contributed by atoms with E-state index in [9.17, 15) is 12.8 Å². The summed E-state index contributed by atoms with van der Waals surface area (Å²) >= 11 is 0. The Hall–Kier alpha value is -1.73. The number of hydrogen-bond acceptors (Lipinski definition) is 3. The van der Waals surface area contributed by atoms with E-state index in [0.29, 0.717) is 11.3 Å². The van der Waals surface area contributed by atoms with Gasteiger partial charge in [-0.3, -0.25) is 0 Å². The maximum atomic E-state index is 12.8. The Morgan fingerprint density at radius 3 is 2.39 bits per heavy atom. The summed E-state index contributed by atoms with van der Waals surface area (Å²) in [6, 6.07) is 5.67. The molecule has 2 rings (SSSR count). The number of H-pyrrole nitrogens is 1. The molecular formula is C11H12FN3O2S. The van der Waals surface area contributed by atoms with Crippen molar-refractivity contribution >= 4 is 10.0 Å². The standard InChI is InChI=1S/C11H12FN3O2S/c1-15(2)18(16,17)11-13-7-10(14-11)8-3-5-9(12)6-4-8/h3-7H,1-2H3,(H,13,14). The van der Waals surface area contributed by atoms with Crippen molar-refractivity contribution in [2.45, 2.75) is 5.16 Å². The molecule has 2 aromatic rings. The van der Waals surface area contributed by atoms with E-state index in [1.807, 2.05) is 0 Å². The third-order valence-corrected chi connectivity index (χ3v) is 4.08. The Labute approximate surface area is 104 Å². The first-order valence-corrected chi connectivity index (χ1v) is 6.59. The maximum Gasteiger partial charge on any atom is 0.276 e. The third-order valence-electron chi connectivity index (χ3n) is 2.42. The van der Waals surface area contributed by atoms with E-state index in [1.165, 1.54) is 44.6 Å². The van der Waals surface area contributed by atoms with Gasteiger partial charge in [-0.2, -0.15) is 0 Å². The molecule has 0 atom stereocenters. The zero-order chi connectivity index (χ0) is 13.3. The minimum atomic E-state index is -3.58. The van der Waals surface area contributed by atoms with Crippen molar-refractivity contribution in [1.29, 1.82) is 0 Å². The number of aromatic amines is 1. The number of aromatic nitrogens is 2. The highest BCUT2D eigenvalue weighted by Gasteiger charge is 2.21. The number of imidazole rings is 1. The van der Waals surface area contributed by atoms with E-state index in [2.05, 4.69) is 9.97 Å². The number of rotatable bonds is 3. The molecule has 0 saturated carbocycles. The van der Waals surface area contributed by atoms with Gasteiger partial charge in [0, 0.05) is 25.9 Å². The second-order valence-corrected chi connectivity index (χ2v) is 5.95. The molecule has 0 aliphatic rings. The highest BCUT2D eigenvalue weighted by atomic mass is 32.2. The molecular weight excluding hydrogens is 257 g/mol. The van der Waals surface area contributed by atoms with Gasteiger partial charge >= 0.3 is 0 Å². The summed E-state index contributed by atoms with van der Waals surface area (Å²) in [6.45, 7) is 0. The van der Waals surface area contributed by atoms with Crippen LogP contribution in [0.4, 0.5) is 4.39 Å². The zero-order valence-electron chi connectivity index (χ0n) is 9.88. The Morgan fingerprint density at radius 2 is 1.83 bits per heavy atom. The van der Waals surface area contributed by atoms with Crippen LogP contribution >= 0.6 is 0 Å². The number of sulfonamides is 1. The van der Waals surface area contributed by atoms with Gasteiger partial charge in [0.15, 0.2) is 0 Å². The molecule has 0 unspecified atom stereocenters. The van der Waals surface area contributed by atoms with E-state index < -0.39 is 10.0 Å². The summed E-state index contributed by atoms with van der Waals surface area (Å²) in [7, 11) is -0.728. The van der Waals surface area contributed by atoms with Gasteiger partial charge in [-0.25, -0.2) is 22.1 Å². The summed E-state index contributed by atoms with van der Waals surface area (Å²) in [4.78, 5) is 6.60. The average Bonchev–Trinajstić information content (AvgIpc) is 2.79. The minimum absolute atomic E-state index is 0.133. The molecule has 1 aromatic heterocycles. The molecule has 0 saturated heterocycles. The lowest BCUT2D eigenvalue weighted by atomic mass is 10.2. The number of benzene rings is 1. The fourth-order valence-electron chi connectivity index (χ4n) is 1.38. The van der Waals surface area contributed by atoms with Gasteiger partial charge in [-0.1, -0.05) is 0 Å². The smallest absolute Gasteiger partial charge is 0.276 e. The molecule has 0 bridgehead atoms. The van der Waals surface area contributed by atoms with Gasteiger partial charge < -0.3 is 4.98 Å². The quantitative estimate of drug-likeness (QED) is 0.917. The molecule has 5 nitrogen and oxygen atoms in total. The summed E-state index contributed by atoms with van der Waals surface area (Å²) in [5.41, 5.74) is 1.10. The van der Waals surface area contributed by atoms with E-state index in [0.717, 1.165) is 4.31 Å². The minimum Gasteiger partial charge on any atom is -0.334 e. The van der Waals surface area contributed by atoms with Crippen LogP contribution in [0.5, 0.6) is 0 Å². The van der Waals surface area contributed by atoms with Crippen molar-refractivity contribution in [2.75, 3.05) is 14.1 Å².